The van der Waals surface area contributed by atoms with E-state index in [1.807, 2.05) is 49.3 Å². The summed E-state index contributed by atoms with van der Waals surface area (Å²) in [6.45, 7) is 1.28. The lowest BCUT2D eigenvalue weighted by molar-refractivity contribution is 0.0953. The molecule has 1 amide bonds. The number of carbonyl (C=O) groups is 1. The van der Waals surface area contributed by atoms with Crippen molar-refractivity contribution in [2.24, 2.45) is 0 Å². The number of nitrogens with one attached hydrogen (secondary N) is 1. The molecule has 0 unspecified atom stereocenters. The van der Waals surface area contributed by atoms with Gasteiger partial charge in [0.05, 0.1) is 5.75 Å². The highest BCUT2D eigenvalue weighted by molar-refractivity contribution is 7.89. The highest BCUT2D eigenvalue weighted by Crippen LogP contribution is 2.21. The van der Waals surface area contributed by atoms with Crippen molar-refractivity contribution in [3.05, 3.63) is 65.2 Å². The van der Waals surface area contributed by atoms with E-state index in [1.165, 1.54) is 5.56 Å². The first kappa shape index (κ1) is 20.4. The van der Waals surface area contributed by atoms with Crippen molar-refractivity contribution in [3.63, 3.8) is 0 Å². The Morgan fingerprint density at radius 3 is 2.43 bits per heavy atom. The van der Waals surface area contributed by atoms with Crippen molar-refractivity contribution in [3.8, 4) is 0 Å². The number of nitrogens with zero attached hydrogens (tertiary/aromatic N) is 2. The first-order chi connectivity index (χ1) is 13.4. The monoisotopic (exact) mass is 401 g/mol. The molecule has 1 aliphatic heterocycles. The van der Waals surface area contributed by atoms with Crippen molar-refractivity contribution in [2.75, 3.05) is 37.8 Å². The fraction of sp³-hybridized carbons (Fsp3) is 0.381. The minimum atomic E-state index is -3.33. The van der Waals surface area contributed by atoms with Gasteiger partial charge < -0.3 is 10.2 Å². The van der Waals surface area contributed by atoms with Gasteiger partial charge in [-0.3, -0.25) is 4.79 Å². The minimum Gasteiger partial charge on any atom is -0.378 e. The summed E-state index contributed by atoms with van der Waals surface area (Å²) in [6.07, 6.45) is 1.14. The molecular weight excluding hydrogens is 374 g/mol. The smallest absolute Gasteiger partial charge is 0.251 e. The van der Waals surface area contributed by atoms with Crippen LogP contribution in [0.5, 0.6) is 0 Å². The van der Waals surface area contributed by atoms with E-state index in [-0.39, 0.29) is 11.7 Å². The predicted molar refractivity (Wildman–Crippen MR) is 112 cm³/mol. The second-order valence-electron chi connectivity index (χ2n) is 7.22. The van der Waals surface area contributed by atoms with E-state index in [0.29, 0.717) is 31.6 Å². The van der Waals surface area contributed by atoms with Crippen LogP contribution in [-0.4, -0.2) is 51.6 Å². The standard InChI is InChI=1S/C21H27N3O3S/c1-23(2)20-10-8-18(9-11-20)21(25)22-13-5-15-28(26,27)24-14-12-17-6-3-4-7-19(17)16-24/h3-4,6-11H,5,12-16H2,1-2H3,(H,22,25). The molecule has 0 saturated carbocycles. The molecule has 0 bridgehead atoms. The van der Waals surface area contributed by atoms with Crippen molar-refractivity contribution in [1.29, 1.82) is 0 Å². The number of sulfonamides is 1. The lowest BCUT2D eigenvalue weighted by atomic mass is 10.0. The SMILES string of the molecule is CN(C)c1ccc(C(=O)NCCCS(=O)(=O)N2CCc3ccccc3C2)cc1. The summed E-state index contributed by atoms with van der Waals surface area (Å²) in [5, 5.41) is 2.80. The molecule has 150 valence electrons. The van der Waals surface area contributed by atoms with Crippen LogP contribution >= 0.6 is 0 Å². The summed E-state index contributed by atoms with van der Waals surface area (Å²) in [7, 11) is 0.555. The Morgan fingerprint density at radius 2 is 1.75 bits per heavy atom. The number of fused-ring (bicyclic) bond motifs is 1. The summed E-state index contributed by atoms with van der Waals surface area (Å²) in [5.74, 6) is -0.149. The van der Waals surface area contributed by atoms with Gasteiger partial charge in [-0.2, -0.15) is 4.31 Å². The van der Waals surface area contributed by atoms with Gasteiger partial charge in [0.25, 0.3) is 5.91 Å². The molecule has 28 heavy (non-hydrogen) atoms. The van der Waals surface area contributed by atoms with E-state index in [9.17, 15) is 13.2 Å². The highest BCUT2D eigenvalue weighted by atomic mass is 32.2. The van der Waals surface area contributed by atoms with Crippen LogP contribution in [0.4, 0.5) is 5.69 Å². The Bertz CT molecular complexity index is 924. The van der Waals surface area contributed by atoms with Crippen LogP contribution in [0.3, 0.4) is 0 Å². The Kier molecular flexibility index (Phi) is 6.36. The van der Waals surface area contributed by atoms with Gasteiger partial charge in [-0.15, -0.1) is 0 Å². The fourth-order valence-electron chi connectivity index (χ4n) is 3.31. The van der Waals surface area contributed by atoms with E-state index in [4.69, 9.17) is 0 Å². The molecule has 0 saturated heterocycles. The first-order valence-corrected chi connectivity index (χ1v) is 11.1. The Balaban J connectivity index is 1.47. The number of amides is 1. The minimum absolute atomic E-state index is 0.0367. The van der Waals surface area contributed by atoms with E-state index < -0.39 is 10.0 Å². The molecule has 2 aromatic carbocycles. The van der Waals surface area contributed by atoms with Gasteiger partial charge >= 0.3 is 0 Å². The summed E-state index contributed by atoms with van der Waals surface area (Å²) >= 11 is 0. The average molecular weight is 402 g/mol. The quantitative estimate of drug-likeness (QED) is 0.723. The average Bonchev–Trinajstić information content (AvgIpc) is 2.70. The Labute approximate surface area is 167 Å². The molecule has 0 aromatic heterocycles. The molecule has 2 aromatic rings. The Morgan fingerprint density at radius 1 is 1.07 bits per heavy atom. The molecule has 0 radical (unpaired) electrons. The van der Waals surface area contributed by atoms with Crippen molar-refractivity contribution in [1.82, 2.24) is 9.62 Å². The largest absolute Gasteiger partial charge is 0.378 e. The number of carbonyl (C=O) groups excluding carboxylic acids is 1. The number of hydrogen-bond donors (Lipinski definition) is 1. The van der Waals surface area contributed by atoms with E-state index in [2.05, 4.69) is 11.4 Å². The molecule has 1 aliphatic rings. The van der Waals surface area contributed by atoms with Crippen molar-refractivity contribution >= 4 is 21.6 Å². The summed E-state index contributed by atoms with van der Waals surface area (Å²) < 4.78 is 26.8. The third-order valence-electron chi connectivity index (χ3n) is 5.00. The topological polar surface area (TPSA) is 69.7 Å². The molecule has 0 atom stereocenters. The molecule has 1 heterocycles. The van der Waals surface area contributed by atoms with Crippen LogP contribution in [0.25, 0.3) is 0 Å². The van der Waals surface area contributed by atoms with Gasteiger partial charge in [-0.05, 0) is 48.2 Å². The molecule has 1 N–H and O–H groups in total. The fourth-order valence-corrected chi connectivity index (χ4v) is 4.78. The molecule has 0 aliphatic carbocycles. The zero-order valence-corrected chi connectivity index (χ0v) is 17.2. The number of anilines is 1. The summed E-state index contributed by atoms with van der Waals surface area (Å²) in [6, 6.07) is 15.3. The van der Waals surface area contributed by atoms with E-state index in [1.54, 1.807) is 16.4 Å². The maximum absolute atomic E-state index is 12.6. The summed E-state index contributed by atoms with van der Waals surface area (Å²) in [5.41, 5.74) is 3.89. The lowest BCUT2D eigenvalue weighted by Crippen LogP contribution is -2.38. The second-order valence-corrected chi connectivity index (χ2v) is 9.31. The van der Waals surface area contributed by atoms with E-state index in [0.717, 1.165) is 17.7 Å². The van der Waals surface area contributed by atoms with Crippen molar-refractivity contribution < 1.29 is 13.2 Å². The first-order valence-electron chi connectivity index (χ1n) is 9.47. The lowest BCUT2D eigenvalue weighted by Gasteiger charge is -2.28. The summed E-state index contributed by atoms with van der Waals surface area (Å²) in [4.78, 5) is 14.2. The Hall–Kier alpha value is -2.38. The molecule has 0 spiro atoms. The van der Waals surface area contributed by atoms with Crippen LogP contribution < -0.4 is 10.2 Å². The van der Waals surface area contributed by atoms with E-state index >= 15 is 0 Å². The van der Waals surface area contributed by atoms with Gasteiger partial charge in [0.15, 0.2) is 0 Å². The van der Waals surface area contributed by atoms with Crippen LogP contribution in [0.15, 0.2) is 48.5 Å². The van der Waals surface area contributed by atoms with Gasteiger partial charge in [-0.1, -0.05) is 24.3 Å². The highest BCUT2D eigenvalue weighted by Gasteiger charge is 2.26. The van der Waals surface area contributed by atoms with Crippen molar-refractivity contribution in [2.45, 2.75) is 19.4 Å². The zero-order chi connectivity index (χ0) is 20.1. The molecule has 7 heteroatoms. The number of hydrogen-bond acceptors (Lipinski definition) is 4. The maximum Gasteiger partial charge on any atom is 0.251 e. The van der Waals surface area contributed by atoms with Crippen LogP contribution in [0, 0.1) is 0 Å². The van der Waals surface area contributed by atoms with Gasteiger partial charge in [0.2, 0.25) is 10.0 Å². The molecule has 0 fully saturated rings. The van der Waals surface area contributed by atoms with Gasteiger partial charge in [0.1, 0.15) is 0 Å². The van der Waals surface area contributed by atoms with Crippen LogP contribution in [0.2, 0.25) is 0 Å². The number of rotatable bonds is 7. The predicted octanol–water partition coefficient (Wildman–Crippen LogP) is 2.26. The third-order valence-corrected chi connectivity index (χ3v) is 6.90. The molecule has 3 rings (SSSR count). The van der Waals surface area contributed by atoms with Crippen LogP contribution in [0.1, 0.15) is 27.9 Å². The second kappa shape index (κ2) is 8.75. The molecular formula is C21H27N3O3S. The normalized spacial score (nSPS) is 14.4. The van der Waals surface area contributed by atoms with Gasteiger partial charge in [-0.25, -0.2) is 8.42 Å². The maximum atomic E-state index is 12.6. The van der Waals surface area contributed by atoms with Crippen LogP contribution in [-0.2, 0) is 23.0 Å². The number of benzene rings is 2. The van der Waals surface area contributed by atoms with Gasteiger partial charge in [0, 0.05) is 45.0 Å². The zero-order valence-electron chi connectivity index (χ0n) is 16.4. The molecule has 6 nitrogen and oxygen atoms in total. The third kappa shape index (κ3) is 4.91.